The Morgan fingerprint density at radius 3 is 2.79 bits per heavy atom. The predicted octanol–water partition coefficient (Wildman–Crippen LogP) is 0.876. The summed E-state index contributed by atoms with van der Waals surface area (Å²) in [4.78, 5) is 13.5. The van der Waals surface area contributed by atoms with Crippen LogP contribution in [0.1, 0.15) is 5.56 Å². The van der Waals surface area contributed by atoms with E-state index >= 15 is 0 Å². The molecule has 0 radical (unpaired) electrons. The zero-order chi connectivity index (χ0) is 14.3. The number of methoxy groups -OCH3 is 1. The second kappa shape index (κ2) is 7.99. The molecule has 1 aromatic carbocycles. The molecule has 0 saturated heterocycles. The van der Waals surface area contributed by atoms with Gasteiger partial charge in [-0.1, -0.05) is 18.2 Å². The molecular formula is C14H20FNO3. The van der Waals surface area contributed by atoms with Crippen LogP contribution in [0.25, 0.3) is 0 Å². The molecule has 1 aromatic rings. The lowest BCUT2D eigenvalue weighted by atomic mass is 10.1. The fraction of sp³-hybridized carbons (Fsp3) is 0.500. The van der Waals surface area contributed by atoms with Gasteiger partial charge in [-0.2, -0.15) is 0 Å². The lowest BCUT2D eigenvalue weighted by Crippen LogP contribution is -2.35. The number of aliphatic hydroxyl groups excluding tert-OH is 1. The Bertz CT molecular complexity index is 411. The lowest BCUT2D eigenvalue weighted by Gasteiger charge is -2.19. The zero-order valence-corrected chi connectivity index (χ0v) is 11.3. The number of benzene rings is 1. The molecule has 106 valence electrons. The third-order valence-corrected chi connectivity index (χ3v) is 2.67. The summed E-state index contributed by atoms with van der Waals surface area (Å²) in [6.07, 6.45) is -0.562. The topological polar surface area (TPSA) is 49.8 Å². The molecule has 4 nitrogen and oxygen atoms in total. The van der Waals surface area contributed by atoms with E-state index < -0.39 is 6.10 Å². The number of carbonyl (C=O) groups excluding carboxylic acids is 1. The van der Waals surface area contributed by atoms with Gasteiger partial charge in [-0.25, -0.2) is 4.39 Å². The van der Waals surface area contributed by atoms with Crippen LogP contribution in [0.4, 0.5) is 4.39 Å². The van der Waals surface area contributed by atoms with Crippen molar-refractivity contribution in [1.82, 2.24) is 4.90 Å². The maximum atomic E-state index is 13.4. The number of carbonyl (C=O) groups is 1. The van der Waals surface area contributed by atoms with Crippen LogP contribution < -0.4 is 0 Å². The molecule has 0 aliphatic carbocycles. The van der Waals surface area contributed by atoms with Crippen LogP contribution in [0.2, 0.25) is 0 Å². The van der Waals surface area contributed by atoms with Crippen LogP contribution in [-0.2, 0) is 16.0 Å². The van der Waals surface area contributed by atoms with Crippen LogP contribution in [0, 0.1) is 5.82 Å². The third-order valence-electron chi connectivity index (χ3n) is 2.67. The van der Waals surface area contributed by atoms with E-state index in [0.717, 1.165) is 0 Å². The minimum Gasteiger partial charge on any atom is -0.389 e. The van der Waals surface area contributed by atoms with E-state index in [1.165, 1.54) is 13.2 Å². The summed E-state index contributed by atoms with van der Waals surface area (Å²) in [5, 5.41) is 9.53. The van der Waals surface area contributed by atoms with Crippen LogP contribution in [0.5, 0.6) is 0 Å². The molecule has 0 amide bonds. The van der Waals surface area contributed by atoms with E-state index in [-0.39, 0.29) is 31.2 Å². The van der Waals surface area contributed by atoms with Gasteiger partial charge in [0.1, 0.15) is 5.82 Å². The number of ether oxygens (including phenoxy) is 1. The Morgan fingerprint density at radius 2 is 2.16 bits per heavy atom. The van der Waals surface area contributed by atoms with E-state index in [1.807, 2.05) is 0 Å². The van der Waals surface area contributed by atoms with Crippen molar-refractivity contribution in [2.24, 2.45) is 0 Å². The highest BCUT2D eigenvalue weighted by atomic mass is 19.1. The zero-order valence-electron chi connectivity index (χ0n) is 11.3. The van der Waals surface area contributed by atoms with Crippen molar-refractivity contribution in [3.63, 3.8) is 0 Å². The van der Waals surface area contributed by atoms with Crippen molar-refractivity contribution in [3.05, 3.63) is 35.6 Å². The molecule has 0 aliphatic heterocycles. The Labute approximate surface area is 112 Å². The number of halogens is 1. The smallest absolute Gasteiger partial charge is 0.151 e. The van der Waals surface area contributed by atoms with Gasteiger partial charge in [-0.15, -0.1) is 0 Å². The molecule has 1 rings (SSSR count). The standard InChI is InChI=1S/C14H20FNO3/c1-16(9-13(18)10-19-2)8-12(17)7-11-5-3-4-6-14(11)15/h3-6,13,18H,7-10H2,1-2H3. The molecule has 0 spiro atoms. The molecule has 0 heterocycles. The van der Waals surface area contributed by atoms with Crippen molar-refractivity contribution in [1.29, 1.82) is 0 Å². The van der Waals surface area contributed by atoms with E-state index in [1.54, 1.807) is 30.1 Å². The number of likely N-dealkylation sites (N-methyl/N-ethyl adjacent to an activating group) is 1. The summed E-state index contributed by atoms with van der Waals surface area (Å²) in [5.41, 5.74) is 0.401. The Morgan fingerprint density at radius 1 is 1.47 bits per heavy atom. The number of hydrogen-bond donors (Lipinski definition) is 1. The van der Waals surface area contributed by atoms with Gasteiger partial charge < -0.3 is 9.84 Å². The van der Waals surface area contributed by atoms with E-state index in [4.69, 9.17) is 4.74 Å². The lowest BCUT2D eigenvalue weighted by molar-refractivity contribution is -0.119. The van der Waals surface area contributed by atoms with Gasteiger partial charge in [0.25, 0.3) is 0 Å². The first-order valence-electron chi connectivity index (χ1n) is 6.13. The van der Waals surface area contributed by atoms with E-state index in [0.29, 0.717) is 12.1 Å². The Balaban J connectivity index is 2.41. The summed E-state index contributed by atoms with van der Waals surface area (Å²) >= 11 is 0. The number of aliphatic hydroxyl groups is 1. The van der Waals surface area contributed by atoms with Gasteiger partial charge in [0, 0.05) is 20.1 Å². The molecule has 1 atom stereocenters. The van der Waals surface area contributed by atoms with Gasteiger partial charge >= 0.3 is 0 Å². The summed E-state index contributed by atoms with van der Waals surface area (Å²) in [6, 6.07) is 6.25. The summed E-state index contributed by atoms with van der Waals surface area (Å²) in [5.74, 6) is -0.449. The molecule has 19 heavy (non-hydrogen) atoms. The average Bonchev–Trinajstić information content (AvgIpc) is 2.31. The summed E-state index contributed by atoms with van der Waals surface area (Å²) < 4.78 is 18.2. The van der Waals surface area contributed by atoms with Gasteiger partial charge in [0.15, 0.2) is 5.78 Å². The Kier molecular flexibility index (Phi) is 6.62. The van der Waals surface area contributed by atoms with Crippen molar-refractivity contribution < 1.29 is 19.0 Å². The quantitative estimate of drug-likeness (QED) is 0.761. The molecule has 0 aliphatic rings. The van der Waals surface area contributed by atoms with Gasteiger partial charge in [0.2, 0.25) is 0 Å². The first kappa shape index (κ1) is 15.8. The molecule has 0 saturated carbocycles. The largest absolute Gasteiger partial charge is 0.389 e. The summed E-state index contributed by atoms with van der Waals surface area (Å²) in [6.45, 7) is 0.748. The normalized spacial score (nSPS) is 12.7. The first-order chi connectivity index (χ1) is 9.02. The molecular weight excluding hydrogens is 249 g/mol. The number of Topliss-reactive ketones (excluding diaryl/α,β-unsaturated/α-hetero) is 1. The predicted molar refractivity (Wildman–Crippen MR) is 70.5 cm³/mol. The molecule has 0 bridgehead atoms. The van der Waals surface area contributed by atoms with Gasteiger partial charge in [-0.05, 0) is 18.7 Å². The molecule has 5 heteroatoms. The number of nitrogens with zero attached hydrogens (tertiary/aromatic N) is 1. The Hall–Kier alpha value is -1.30. The molecule has 1 unspecified atom stereocenters. The van der Waals surface area contributed by atoms with Crippen molar-refractivity contribution in [3.8, 4) is 0 Å². The number of rotatable bonds is 8. The summed E-state index contributed by atoms with van der Waals surface area (Å²) in [7, 11) is 3.24. The maximum absolute atomic E-state index is 13.4. The fourth-order valence-corrected chi connectivity index (χ4v) is 1.88. The van der Waals surface area contributed by atoms with E-state index in [2.05, 4.69) is 0 Å². The van der Waals surface area contributed by atoms with Crippen molar-refractivity contribution >= 4 is 5.78 Å². The third kappa shape index (κ3) is 5.92. The second-order valence-corrected chi connectivity index (χ2v) is 4.61. The molecule has 1 N–H and O–H groups in total. The van der Waals surface area contributed by atoms with Crippen LogP contribution in [0.15, 0.2) is 24.3 Å². The minimum absolute atomic E-state index is 0.0669. The highest BCUT2D eigenvalue weighted by Gasteiger charge is 2.13. The maximum Gasteiger partial charge on any atom is 0.151 e. The fourth-order valence-electron chi connectivity index (χ4n) is 1.88. The first-order valence-corrected chi connectivity index (χ1v) is 6.13. The number of ketones is 1. The van der Waals surface area contributed by atoms with Crippen LogP contribution >= 0.6 is 0 Å². The van der Waals surface area contributed by atoms with Crippen LogP contribution in [-0.4, -0.2) is 55.7 Å². The average molecular weight is 269 g/mol. The SMILES string of the molecule is COCC(O)CN(C)CC(=O)Cc1ccccc1F. The highest BCUT2D eigenvalue weighted by molar-refractivity contribution is 5.82. The van der Waals surface area contributed by atoms with Crippen molar-refractivity contribution in [2.75, 3.05) is 33.9 Å². The molecule has 0 fully saturated rings. The van der Waals surface area contributed by atoms with Gasteiger partial charge in [0.05, 0.1) is 19.3 Å². The molecule has 0 aromatic heterocycles. The second-order valence-electron chi connectivity index (χ2n) is 4.61. The van der Waals surface area contributed by atoms with E-state index in [9.17, 15) is 14.3 Å². The van der Waals surface area contributed by atoms with Crippen LogP contribution in [0.3, 0.4) is 0 Å². The number of hydrogen-bond acceptors (Lipinski definition) is 4. The monoisotopic (exact) mass is 269 g/mol. The van der Waals surface area contributed by atoms with Gasteiger partial charge in [-0.3, -0.25) is 9.69 Å². The van der Waals surface area contributed by atoms with Crippen molar-refractivity contribution in [2.45, 2.75) is 12.5 Å². The minimum atomic E-state index is -0.628. The highest BCUT2D eigenvalue weighted by Crippen LogP contribution is 2.07.